The summed E-state index contributed by atoms with van der Waals surface area (Å²) < 4.78 is 33.2. The lowest BCUT2D eigenvalue weighted by Gasteiger charge is -2.12. The lowest BCUT2D eigenvalue weighted by Crippen LogP contribution is -2.14. The smallest absolute Gasteiger partial charge is 0.261 e. The lowest BCUT2D eigenvalue weighted by atomic mass is 10.2. The zero-order valence-electron chi connectivity index (χ0n) is 11.6. The Bertz CT molecular complexity index is 776. The van der Waals surface area contributed by atoms with Gasteiger partial charge in [-0.3, -0.25) is 4.72 Å². The third-order valence-corrected chi connectivity index (χ3v) is 5.20. The van der Waals surface area contributed by atoms with Crippen molar-refractivity contribution in [2.45, 2.75) is 11.8 Å². The molecule has 0 heterocycles. The SMILES string of the molecule is COc1ccc(N)c(NS(=O)(=O)c2ccc(Br)c(C)c2)c1. The van der Waals surface area contributed by atoms with E-state index in [2.05, 4.69) is 20.7 Å². The molecule has 0 saturated carbocycles. The molecule has 0 aromatic heterocycles. The number of anilines is 2. The molecule has 0 bridgehead atoms. The van der Waals surface area contributed by atoms with Crippen molar-refractivity contribution in [3.05, 3.63) is 46.4 Å². The van der Waals surface area contributed by atoms with Gasteiger partial charge in [0, 0.05) is 10.5 Å². The van der Waals surface area contributed by atoms with E-state index in [1.165, 1.54) is 13.2 Å². The van der Waals surface area contributed by atoms with Crippen LogP contribution in [0, 0.1) is 6.92 Å². The summed E-state index contributed by atoms with van der Waals surface area (Å²) in [5, 5.41) is 0. The number of nitrogens with one attached hydrogen (secondary N) is 1. The van der Waals surface area contributed by atoms with Crippen molar-refractivity contribution in [3.63, 3.8) is 0 Å². The Morgan fingerprint density at radius 3 is 2.52 bits per heavy atom. The van der Waals surface area contributed by atoms with Crippen LogP contribution in [0.4, 0.5) is 11.4 Å². The molecule has 3 N–H and O–H groups in total. The molecule has 0 radical (unpaired) electrons. The maximum Gasteiger partial charge on any atom is 0.261 e. The van der Waals surface area contributed by atoms with E-state index in [-0.39, 0.29) is 10.6 Å². The fourth-order valence-electron chi connectivity index (χ4n) is 1.74. The number of hydrogen-bond acceptors (Lipinski definition) is 4. The molecule has 0 amide bonds. The van der Waals surface area contributed by atoms with Crippen LogP contribution in [0.2, 0.25) is 0 Å². The molecule has 7 heteroatoms. The Balaban J connectivity index is 2.39. The highest BCUT2D eigenvalue weighted by Crippen LogP contribution is 2.28. The van der Waals surface area contributed by atoms with Crippen molar-refractivity contribution < 1.29 is 13.2 Å². The first-order chi connectivity index (χ1) is 9.83. The summed E-state index contributed by atoms with van der Waals surface area (Å²) in [6.45, 7) is 1.82. The molecule has 0 atom stereocenters. The van der Waals surface area contributed by atoms with Crippen LogP contribution in [0.25, 0.3) is 0 Å². The van der Waals surface area contributed by atoms with Crippen LogP contribution in [0.15, 0.2) is 45.8 Å². The van der Waals surface area contributed by atoms with Crippen LogP contribution in [-0.2, 0) is 10.0 Å². The molecule has 5 nitrogen and oxygen atoms in total. The van der Waals surface area contributed by atoms with Crippen molar-refractivity contribution >= 4 is 37.3 Å². The molecule has 0 saturated heterocycles. The quantitative estimate of drug-likeness (QED) is 0.809. The summed E-state index contributed by atoms with van der Waals surface area (Å²) in [6.07, 6.45) is 0. The third-order valence-electron chi connectivity index (χ3n) is 2.94. The first kappa shape index (κ1) is 15.7. The maximum atomic E-state index is 12.4. The second-order valence-electron chi connectivity index (χ2n) is 4.47. The highest BCUT2D eigenvalue weighted by molar-refractivity contribution is 9.10. The average molecular weight is 371 g/mol. The fraction of sp³-hybridized carbons (Fsp3) is 0.143. The van der Waals surface area contributed by atoms with E-state index in [0.717, 1.165) is 10.0 Å². The van der Waals surface area contributed by atoms with Gasteiger partial charge < -0.3 is 10.5 Å². The van der Waals surface area contributed by atoms with Gasteiger partial charge in [0.25, 0.3) is 10.0 Å². The van der Waals surface area contributed by atoms with Gasteiger partial charge in [0.15, 0.2) is 0 Å². The van der Waals surface area contributed by atoms with Crippen LogP contribution in [-0.4, -0.2) is 15.5 Å². The van der Waals surface area contributed by atoms with Gasteiger partial charge in [0.05, 0.1) is 23.4 Å². The van der Waals surface area contributed by atoms with Crippen molar-refractivity contribution in [1.82, 2.24) is 0 Å². The monoisotopic (exact) mass is 370 g/mol. The normalized spacial score (nSPS) is 11.2. The number of hydrogen-bond donors (Lipinski definition) is 2. The zero-order chi connectivity index (χ0) is 15.6. The molecule has 0 spiro atoms. The summed E-state index contributed by atoms with van der Waals surface area (Å²) >= 11 is 3.34. The van der Waals surface area contributed by atoms with Gasteiger partial charge >= 0.3 is 0 Å². The topological polar surface area (TPSA) is 81.4 Å². The first-order valence-corrected chi connectivity index (χ1v) is 8.33. The van der Waals surface area contributed by atoms with Crippen molar-refractivity contribution in [2.75, 3.05) is 17.6 Å². The number of benzene rings is 2. The largest absolute Gasteiger partial charge is 0.497 e. The Kier molecular flexibility index (Phi) is 4.43. The van der Waals surface area contributed by atoms with Crippen molar-refractivity contribution in [3.8, 4) is 5.75 Å². The molecule has 2 aromatic carbocycles. The molecule has 2 aromatic rings. The molecule has 112 valence electrons. The molecule has 0 unspecified atom stereocenters. The number of rotatable bonds is 4. The van der Waals surface area contributed by atoms with E-state index in [0.29, 0.717) is 11.4 Å². The Morgan fingerprint density at radius 1 is 1.19 bits per heavy atom. The first-order valence-electron chi connectivity index (χ1n) is 6.06. The lowest BCUT2D eigenvalue weighted by molar-refractivity contribution is 0.415. The minimum absolute atomic E-state index is 0.172. The Hall–Kier alpha value is -1.73. The highest BCUT2D eigenvalue weighted by Gasteiger charge is 2.16. The maximum absolute atomic E-state index is 12.4. The summed E-state index contributed by atoms with van der Waals surface area (Å²) in [7, 11) is -2.20. The van der Waals surface area contributed by atoms with Gasteiger partial charge in [-0.25, -0.2) is 8.42 Å². The van der Waals surface area contributed by atoms with Crippen LogP contribution in [0.5, 0.6) is 5.75 Å². The van der Waals surface area contributed by atoms with Crippen LogP contribution < -0.4 is 15.2 Å². The molecular formula is C14H15BrN2O3S. The van der Waals surface area contributed by atoms with Crippen molar-refractivity contribution in [1.29, 1.82) is 0 Å². The molecule has 0 fully saturated rings. The number of aryl methyl sites for hydroxylation is 1. The molecule has 2 rings (SSSR count). The molecule has 0 aliphatic rings. The number of ether oxygens (including phenoxy) is 1. The summed E-state index contributed by atoms with van der Waals surface area (Å²) in [4.78, 5) is 0.172. The van der Waals surface area contributed by atoms with Gasteiger partial charge in [-0.1, -0.05) is 15.9 Å². The highest BCUT2D eigenvalue weighted by atomic mass is 79.9. The van der Waals surface area contributed by atoms with E-state index in [9.17, 15) is 8.42 Å². The molecule has 0 aliphatic carbocycles. The molecule has 0 aliphatic heterocycles. The van der Waals surface area contributed by atoms with Crippen molar-refractivity contribution in [2.24, 2.45) is 0 Å². The summed E-state index contributed by atoms with van der Waals surface area (Å²) in [5.41, 5.74) is 7.24. The van der Waals surface area contributed by atoms with Gasteiger partial charge in [-0.05, 0) is 42.8 Å². The minimum Gasteiger partial charge on any atom is -0.497 e. The van der Waals surface area contributed by atoms with Crippen LogP contribution in [0.1, 0.15) is 5.56 Å². The molecule has 21 heavy (non-hydrogen) atoms. The number of sulfonamides is 1. The minimum atomic E-state index is -3.71. The standard InChI is InChI=1S/C14H15BrN2O3S/c1-9-7-11(4-5-12(9)15)21(18,19)17-14-8-10(20-2)3-6-13(14)16/h3-8,17H,16H2,1-2H3. The summed E-state index contributed by atoms with van der Waals surface area (Å²) in [6, 6.07) is 9.59. The van der Waals surface area contributed by atoms with E-state index in [4.69, 9.17) is 10.5 Å². The van der Waals surface area contributed by atoms with Gasteiger partial charge in [-0.15, -0.1) is 0 Å². The van der Waals surface area contributed by atoms with E-state index < -0.39 is 10.0 Å². The van der Waals surface area contributed by atoms with Crippen LogP contribution >= 0.6 is 15.9 Å². The third kappa shape index (κ3) is 3.48. The Morgan fingerprint density at radius 2 is 1.90 bits per heavy atom. The second-order valence-corrected chi connectivity index (χ2v) is 7.01. The number of halogens is 1. The number of nitrogens with two attached hydrogens (primary N) is 1. The van der Waals surface area contributed by atoms with Gasteiger partial charge in [0.2, 0.25) is 0 Å². The predicted octanol–water partition coefficient (Wildman–Crippen LogP) is 3.15. The summed E-state index contributed by atoms with van der Waals surface area (Å²) in [5.74, 6) is 0.522. The van der Waals surface area contributed by atoms with E-state index in [1.807, 2.05) is 6.92 Å². The zero-order valence-corrected chi connectivity index (χ0v) is 14.0. The predicted molar refractivity (Wildman–Crippen MR) is 87.1 cm³/mol. The average Bonchev–Trinajstić information content (AvgIpc) is 2.44. The fourth-order valence-corrected chi connectivity index (χ4v) is 3.15. The second kappa shape index (κ2) is 5.95. The number of nitrogen functional groups attached to an aromatic ring is 1. The van der Waals surface area contributed by atoms with E-state index >= 15 is 0 Å². The number of methoxy groups -OCH3 is 1. The van der Waals surface area contributed by atoms with Gasteiger partial charge in [-0.2, -0.15) is 0 Å². The van der Waals surface area contributed by atoms with E-state index in [1.54, 1.807) is 30.3 Å². The van der Waals surface area contributed by atoms with Gasteiger partial charge in [0.1, 0.15) is 5.75 Å². The Labute approximate surface area is 132 Å². The van der Waals surface area contributed by atoms with Crippen LogP contribution in [0.3, 0.4) is 0 Å². The molecular weight excluding hydrogens is 356 g/mol.